The second kappa shape index (κ2) is 5.44. The average molecular weight is 266 g/mol. The van der Waals surface area contributed by atoms with Crippen LogP contribution < -0.4 is 4.74 Å². The van der Waals surface area contributed by atoms with E-state index in [1.807, 2.05) is 25.1 Å². The molecule has 3 heteroatoms. The van der Waals surface area contributed by atoms with Gasteiger partial charge < -0.3 is 4.74 Å². The summed E-state index contributed by atoms with van der Waals surface area (Å²) in [5, 5.41) is 1.24. The second-order valence-corrected chi connectivity index (χ2v) is 4.51. The Balaban J connectivity index is 2.10. The predicted molar refractivity (Wildman–Crippen MR) is 70.8 cm³/mol. The van der Waals surface area contributed by atoms with Gasteiger partial charge in [-0.2, -0.15) is 0 Å². The minimum atomic E-state index is 0.357. The van der Waals surface area contributed by atoms with Crippen LogP contribution in [0.1, 0.15) is 11.1 Å². The number of ether oxygens (including phenoxy) is 1. The van der Waals surface area contributed by atoms with Crippen molar-refractivity contribution in [1.82, 2.24) is 0 Å². The highest BCUT2D eigenvalue weighted by Crippen LogP contribution is 2.25. The highest BCUT2D eigenvalue weighted by Gasteiger charge is 2.05. The van der Waals surface area contributed by atoms with Gasteiger partial charge in [-0.1, -0.05) is 35.3 Å². The van der Waals surface area contributed by atoms with Crippen molar-refractivity contribution in [2.24, 2.45) is 0 Å². The van der Waals surface area contributed by atoms with Gasteiger partial charge >= 0.3 is 0 Å². The van der Waals surface area contributed by atoms with Crippen LogP contribution in [0, 0.1) is 13.0 Å². The molecule has 0 aliphatic carbocycles. The Hall–Kier alpha value is -1.18. The van der Waals surface area contributed by atoms with Crippen LogP contribution in [0.25, 0.3) is 0 Å². The van der Waals surface area contributed by atoms with E-state index in [0.29, 0.717) is 16.7 Å². The standard InChI is InChI=1S/C14H11Cl2O/c1-10-5-7-11(8-6-10)17-9-12-13(15)3-2-4-14(12)16/h2-5,7-8H,9H2,1H3. The maximum Gasteiger partial charge on any atom is 0.120 e. The molecule has 0 spiro atoms. The molecule has 2 aromatic carbocycles. The molecule has 0 amide bonds. The summed E-state index contributed by atoms with van der Waals surface area (Å²) in [5.74, 6) is 0.756. The molecule has 17 heavy (non-hydrogen) atoms. The summed E-state index contributed by atoms with van der Waals surface area (Å²) >= 11 is 12.1. The van der Waals surface area contributed by atoms with E-state index < -0.39 is 0 Å². The Bertz CT molecular complexity index is 486. The van der Waals surface area contributed by atoms with Crippen molar-refractivity contribution in [3.05, 3.63) is 63.6 Å². The first-order valence-electron chi connectivity index (χ1n) is 5.21. The molecule has 0 atom stereocenters. The summed E-state index contributed by atoms with van der Waals surface area (Å²) in [5.41, 5.74) is 1.88. The molecule has 0 heterocycles. The first-order chi connectivity index (χ1) is 8.16. The summed E-state index contributed by atoms with van der Waals surface area (Å²) in [6, 6.07) is 14.1. The third kappa shape index (κ3) is 3.15. The molecule has 0 saturated carbocycles. The van der Waals surface area contributed by atoms with Crippen molar-refractivity contribution in [3.63, 3.8) is 0 Å². The van der Waals surface area contributed by atoms with Crippen molar-refractivity contribution >= 4 is 23.2 Å². The highest BCUT2D eigenvalue weighted by molar-refractivity contribution is 6.35. The first kappa shape index (κ1) is 12.3. The number of benzene rings is 2. The second-order valence-electron chi connectivity index (χ2n) is 3.70. The Labute approximate surface area is 111 Å². The molecule has 1 radical (unpaired) electrons. The quantitative estimate of drug-likeness (QED) is 0.783. The largest absolute Gasteiger partial charge is 0.489 e. The lowest BCUT2D eigenvalue weighted by molar-refractivity contribution is 0.306. The van der Waals surface area contributed by atoms with Gasteiger partial charge in [-0.05, 0) is 42.8 Å². The van der Waals surface area contributed by atoms with Gasteiger partial charge in [-0.3, -0.25) is 0 Å². The summed E-state index contributed by atoms with van der Waals surface area (Å²) in [4.78, 5) is 0. The fourth-order valence-electron chi connectivity index (χ4n) is 1.40. The molecule has 0 N–H and O–H groups in total. The Morgan fingerprint density at radius 3 is 2.41 bits per heavy atom. The van der Waals surface area contributed by atoms with Gasteiger partial charge in [0.05, 0.1) is 0 Å². The maximum atomic E-state index is 6.05. The lowest BCUT2D eigenvalue weighted by atomic mass is 10.2. The Morgan fingerprint density at radius 1 is 1.12 bits per heavy atom. The predicted octanol–water partition coefficient (Wildman–Crippen LogP) is 4.68. The van der Waals surface area contributed by atoms with Crippen molar-refractivity contribution in [2.45, 2.75) is 13.5 Å². The van der Waals surface area contributed by atoms with E-state index in [9.17, 15) is 0 Å². The van der Waals surface area contributed by atoms with Gasteiger partial charge in [0.1, 0.15) is 12.4 Å². The van der Waals surface area contributed by atoms with Crippen LogP contribution in [0.5, 0.6) is 5.75 Å². The van der Waals surface area contributed by atoms with Crippen molar-refractivity contribution in [1.29, 1.82) is 0 Å². The van der Waals surface area contributed by atoms with Gasteiger partial charge in [0.25, 0.3) is 0 Å². The Kier molecular flexibility index (Phi) is 3.93. The number of aryl methyl sites for hydroxylation is 1. The van der Waals surface area contributed by atoms with Crippen LogP contribution in [-0.4, -0.2) is 0 Å². The molecule has 0 unspecified atom stereocenters. The summed E-state index contributed by atoms with van der Waals surface area (Å²) in [7, 11) is 0. The van der Waals surface area contributed by atoms with E-state index >= 15 is 0 Å². The van der Waals surface area contributed by atoms with Crippen LogP contribution in [0.3, 0.4) is 0 Å². The molecule has 87 valence electrons. The van der Waals surface area contributed by atoms with Crippen molar-refractivity contribution in [2.75, 3.05) is 0 Å². The topological polar surface area (TPSA) is 9.23 Å². The van der Waals surface area contributed by atoms with Crippen LogP contribution in [0.2, 0.25) is 10.0 Å². The molecular formula is C14H11Cl2O. The van der Waals surface area contributed by atoms with E-state index in [1.165, 1.54) is 0 Å². The van der Waals surface area contributed by atoms with Gasteiger partial charge in [-0.15, -0.1) is 0 Å². The van der Waals surface area contributed by atoms with Crippen molar-refractivity contribution in [3.8, 4) is 5.75 Å². The first-order valence-corrected chi connectivity index (χ1v) is 5.96. The average Bonchev–Trinajstić information content (AvgIpc) is 2.31. The fraction of sp³-hybridized carbons (Fsp3) is 0.143. The molecule has 0 aromatic heterocycles. The van der Waals surface area contributed by atoms with Gasteiger partial charge in [0.2, 0.25) is 0 Å². The zero-order valence-corrected chi connectivity index (χ0v) is 10.8. The van der Waals surface area contributed by atoms with E-state index in [2.05, 4.69) is 6.07 Å². The van der Waals surface area contributed by atoms with Gasteiger partial charge in [-0.25, -0.2) is 0 Å². The molecule has 2 aromatic rings. The zero-order chi connectivity index (χ0) is 12.3. The lowest BCUT2D eigenvalue weighted by Crippen LogP contribution is -1.97. The molecule has 1 nitrogen and oxygen atoms in total. The molecule has 0 fully saturated rings. The number of halogens is 2. The molecule has 2 rings (SSSR count). The number of rotatable bonds is 3. The molecule has 0 bridgehead atoms. The molecule has 0 aliphatic rings. The third-order valence-corrected chi connectivity index (χ3v) is 3.09. The van der Waals surface area contributed by atoms with Crippen LogP contribution in [-0.2, 0) is 6.61 Å². The SMILES string of the molecule is Cc1[c]cc(OCc2c(Cl)cccc2Cl)cc1. The number of hydrogen-bond donors (Lipinski definition) is 0. The highest BCUT2D eigenvalue weighted by atomic mass is 35.5. The van der Waals surface area contributed by atoms with Gasteiger partial charge in [0.15, 0.2) is 0 Å². The normalized spacial score (nSPS) is 10.3. The smallest absolute Gasteiger partial charge is 0.120 e. The minimum absolute atomic E-state index is 0.357. The minimum Gasteiger partial charge on any atom is -0.489 e. The summed E-state index contributed by atoms with van der Waals surface area (Å²) in [6.07, 6.45) is 0. The van der Waals surface area contributed by atoms with E-state index in [1.54, 1.807) is 18.2 Å². The van der Waals surface area contributed by atoms with Crippen LogP contribution >= 0.6 is 23.2 Å². The van der Waals surface area contributed by atoms with E-state index in [-0.39, 0.29) is 0 Å². The monoisotopic (exact) mass is 265 g/mol. The lowest BCUT2D eigenvalue weighted by Gasteiger charge is -2.09. The Morgan fingerprint density at radius 2 is 1.82 bits per heavy atom. The summed E-state index contributed by atoms with van der Waals surface area (Å²) in [6.45, 7) is 2.34. The molecular weight excluding hydrogens is 255 g/mol. The number of hydrogen-bond acceptors (Lipinski definition) is 1. The van der Waals surface area contributed by atoms with Crippen molar-refractivity contribution < 1.29 is 4.74 Å². The molecule has 0 aliphatic heterocycles. The molecule has 0 saturated heterocycles. The van der Waals surface area contributed by atoms with Gasteiger partial charge in [0, 0.05) is 15.6 Å². The zero-order valence-electron chi connectivity index (χ0n) is 9.34. The van der Waals surface area contributed by atoms with E-state index in [4.69, 9.17) is 27.9 Å². The van der Waals surface area contributed by atoms with Crippen LogP contribution in [0.4, 0.5) is 0 Å². The maximum absolute atomic E-state index is 6.05. The van der Waals surface area contributed by atoms with Crippen LogP contribution in [0.15, 0.2) is 36.4 Å². The van der Waals surface area contributed by atoms with E-state index in [0.717, 1.165) is 16.9 Å². The third-order valence-electron chi connectivity index (χ3n) is 2.38. The summed E-state index contributed by atoms with van der Waals surface area (Å²) < 4.78 is 5.61. The fourth-order valence-corrected chi connectivity index (χ4v) is 1.91.